The molecular formula is C22H17N. The van der Waals surface area contributed by atoms with Crippen molar-refractivity contribution in [1.29, 1.82) is 0 Å². The van der Waals surface area contributed by atoms with Crippen LogP contribution >= 0.6 is 0 Å². The molecule has 1 heteroatoms. The lowest BCUT2D eigenvalue weighted by Crippen LogP contribution is -1.90. The van der Waals surface area contributed by atoms with Gasteiger partial charge in [0.05, 0.1) is 16.4 Å². The molecule has 0 fully saturated rings. The molecule has 110 valence electrons. The molecule has 0 aliphatic heterocycles. The summed E-state index contributed by atoms with van der Waals surface area (Å²) in [5.74, 6) is 0. The second-order valence-electron chi connectivity index (χ2n) is 4.70. The van der Waals surface area contributed by atoms with E-state index in [1.54, 1.807) is 0 Å². The normalized spacial score (nSPS) is 17.9. The lowest BCUT2D eigenvalue weighted by molar-refractivity contribution is 1.55. The third kappa shape index (κ3) is 2.95. The Bertz CT molecular complexity index is 1500. The molecule has 0 amide bonds. The monoisotopic (exact) mass is 307 g/mol. The molecule has 4 aromatic rings. The van der Waals surface area contributed by atoms with Crippen LogP contribution in [0.5, 0.6) is 0 Å². The first-order valence-corrected chi connectivity index (χ1v) is 6.82. The Morgan fingerprint density at radius 2 is 1.26 bits per heavy atom. The van der Waals surface area contributed by atoms with Crippen molar-refractivity contribution in [1.82, 2.24) is 0 Å². The Hall–Kier alpha value is -3.06. The summed E-state index contributed by atoms with van der Waals surface area (Å²) in [6.45, 7) is 0. The first-order valence-electron chi connectivity index (χ1n) is 12.8. The topological polar surface area (TPSA) is 12.0 Å². The highest BCUT2D eigenvalue weighted by atomic mass is 14.9. The van der Waals surface area contributed by atoms with Gasteiger partial charge < -0.3 is 5.32 Å². The fraction of sp³-hybridized carbons (Fsp3) is 0. The summed E-state index contributed by atoms with van der Waals surface area (Å²) in [6, 6.07) is 0.710. The Kier molecular flexibility index (Phi) is 1.52. The van der Waals surface area contributed by atoms with Crippen molar-refractivity contribution in [3.63, 3.8) is 0 Å². The predicted molar refractivity (Wildman–Crippen MR) is 99.1 cm³/mol. The van der Waals surface area contributed by atoms with Gasteiger partial charge in [0, 0.05) is 11.4 Å². The second-order valence-corrected chi connectivity index (χ2v) is 4.70. The maximum atomic E-state index is 8.51. The van der Waals surface area contributed by atoms with E-state index < -0.39 is 54.4 Å². The largest absolute Gasteiger partial charge is 0.356 e. The highest BCUT2D eigenvalue weighted by Gasteiger charge is 1.99. The standard InChI is InChI=1S/C22H17N/c1-2-6-17(7-3-1)19-10-13-21(14-11-19)23-22-15-12-18-8-4-5-9-20(18)16-22/h1-16,23H/i1D,2D,3D,4D,5D,6D,7D,8D,9D,12D,15D,16D. The first-order chi connectivity index (χ1) is 16.4. The summed E-state index contributed by atoms with van der Waals surface area (Å²) in [7, 11) is 0. The molecule has 1 N–H and O–H groups in total. The number of nitrogens with one attached hydrogen (secondary N) is 1. The molecule has 0 unspecified atom stereocenters. The van der Waals surface area contributed by atoms with Crippen LogP contribution in [0.4, 0.5) is 11.4 Å². The lowest BCUT2D eigenvalue weighted by atomic mass is 10.1. The van der Waals surface area contributed by atoms with E-state index >= 15 is 0 Å². The fourth-order valence-corrected chi connectivity index (χ4v) is 2.10. The van der Waals surface area contributed by atoms with Gasteiger partial charge in [0.1, 0.15) is 0 Å². The van der Waals surface area contributed by atoms with Crippen LogP contribution in [0.2, 0.25) is 0 Å². The van der Waals surface area contributed by atoms with Gasteiger partial charge in [-0.05, 0) is 46.1 Å². The van der Waals surface area contributed by atoms with Gasteiger partial charge in [0.2, 0.25) is 0 Å². The molecule has 0 atom stereocenters. The third-order valence-corrected chi connectivity index (χ3v) is 3.19. The minimum atomic E-state index is -0.543. The Morgan fingerprint density at radius 3 is 2.04 bits per heavy atom. The minimum absolute atomic E-state index is 0.0278. The molecule has 0 aromatic heterocycles. The van der Waals surface area contributed by atoms with Crippen LogP contribution in [-0.2, 0) is 0 Å². The van der Waals surface area contributed by atoms with Crippen LogP contribution in [0.15, 0.2) is 96.8 Å². The van der Waals surface area contributed by atoms with E-state index in [9.17, 15) is 0 Å². The van der Waals surface area contributed by atoms with Gasteiger partial charge in [-0.3, -0.25) is 0 Å². The number of hydrogen-bond donors (Lipinski definition) is 1. The molecular weight excluding hydrogens is 278 g/mol. The molecule has 0 saturated heterocycles. The summed E-state index contributed by atoms with van der Waals surface area (Å²) < 4.78 is 96.7. The van der Waals surface area contributed by atoms with E-state index in [4.69, 9.17) is 16.4 Å². The maximum Gasteiger partial charge on any atom is 0.0651 e. The van der Waals surface area contributed by atoms with Gasteiger partial charge in [-0.25, -0.2) is 0 Å². The van der Waals surface area contributed by atoms with Crippen LogP contribution in [0.1, 0.15) is 16.4 Å². The smallest absolute Gasteiger partial charge is 0.0651 e. The molecule has 0 bridgehead atoms. The van der Waals surface area contributed by atoms with Crippen LogP contribution in [0, 0.1) is 0 Å². The highest BCUT2D eigenvalue weighted by molar-refractivity contribution is 5.86. The summed E-state index contributed by atoms with van der Waals surface area (Å²) in [5.41, 5.74) is 0.629. The average Bonchev–Trinajstić information content (AvgIpc) is 2.84. The van der Waals surface area contributed by atoms with E-state index in [0.29, 0.717) is 11.3 Å². The summed E-state index contributed by atoms with van der Waals surface area (Å²) >= 11 is 0. The van der Waals surface area contributed by atoms with Crippen LogP contribution in [0.25, 0.3) is 21.9 Å². The van der Waals surface area contributed by atoms with Crippen molar-refractivity contribution in [2.75, 3.05) is 5.32 Å². The van der Waals surface area contributed by atoms with Gasteiger partial charge >= 0.3 is 0 Å². The van der Waals surface area contributed by atoms with Crippen molar-refractivity contribution in [2.24, 2.45) is 0 Å². The Labute approximate surface area is 153 Å². The molecule has 0 saturated carbocycles. The minimum Gasteiger partial charge on any atom is -0.356 e. The number of rotatable bonds is 3. The van der Waals surface area contributed by atoms with Crippen molar-refractivity contribution >= 4 is 22.1 Å². The van der Waals surface area contributed by atoms with Crippen molar-refractivity contribution in [3.05, 3.63) is 96.8 Å². The second kappa shape index (κ2) is 5.98. The first kappa shape index (κ1) is 5.86. The van der Waals surface area contributed by atoms with Crippen molar-refractivity contribution in [3.8, 4) is 11.1 Å². The van der Waals surface area contributed by atoms with E-state index in [0.717, 1.165) is 0 Å². The number of benzene rings is 4. The Balaban J connectivity index is 1.82. The van der Waals surface area contributed by atoms with Crippen LogP contribution in [-0.4, -0.2) is 0 Å². The summed E-state index contributed by atoms with van der Waals surface area (Å²) in [4.78, 5) is 0. The lowest BCUT2D eigenvalue weighted by Gasteiger charge is -2.09. The van der Waals surface area contributed by atoms with Crippen molar-refractivity contribution in [2.45, 2.75) is 0 Å². The molecule has 0 radical (unpaired) electrons. The molecule has 0 aliphatic carbocycles. The predicted octanol–water partition coefficient (Wildman–Crippen LogP) is 6.25. The van der Waals surface area contributed by atoms with E-state index in [1.807, 2.05) is 0 Å². The van der Waals surface area contributed by atoms with Crippen LogP contribution < -0.4 is 5.32 Å². The molecule has 0 spiro atoms. The van der Waals surface area contributed by atoms with Gasteiger partial charge in [0.15, 0.2) is 0 Å². The molecule has 0 heterocycles. The summed E-state index contributed by atoms with van der Waals surface area (Å²) in [5, 5.41) is 2.48. The Morgan fingerprint density at radius 1 is 0.565 bits per heavy atom. The SMILES string of the molecule is [2H]c1c([2H])c([2H])c(-c2ccc(Nc3c([2H])c([2H])c4c([2H])c([2H])c([2H])c([2H])c4c3[2H])cc2)c([2H])c1[2H]. The quantitative estimate of drug-likeness (QED) is 0.471. The van der Waals surface area contributed by atoms with E-state index in [-0.39, 0.29) is 40.2 Å². The molecule has 4 rings (SSSR count). The number of hydrogen-bond acceptors (Lipinski definition) is 1. The zero-order valence-corrected chi connectivity index (χ0v) is 11.8. The maximum absolute atomic E-state index is 8.51. The van der Waals surface area contributed by atoms with Gasteiger partial charge in [-0.15, -0.1) is 0 Å². The van der Waals surface area contributed by atoms with E-state index in [2.05, 4.69) is 5.32 Å². The zero-order valence-electron chi connectivity index (χ0n) is 23.8. The zero-order chi connectivity index (χ0) is 25.9. The van der Waals surface area contributed by atoms with Gasteiger partial charge in [-0.2, -0.15) is 0 Å². The average molecular weight is 307 g/mol. The number of fused-ring (bicyclic) bond motifs is 1. The van der Waals surface area contributed by atoms with Gasteiger partial charge in [-0.1, -0.05) is 72.6 Å². The molecule has 23 heavy (non-hydrogen) atoms. The van der Waals surface area contributed by atoms with Gasteiger partial charge in [0.25, 0.3) is 0 Å². The van der Waals surface area contributed by atoms with Crippen molar-refractivity contribution < 1.29 is 16.4 Å². The number of anilines is 2. The summed E-state index contributed by atoms with van der Waals surface area (Å²) in [6.07, 6.45) is 0. The highest BCUT2D eigenvalue weighted by Crippen LogP contribution is 2.25. The molecule has 4 aromatic carbocycles. The molecule has 1 nitrogen and oxygen atoms in total. The van der Waals surface area contributed by atoms with E-state index in [1.165, 1.54) is 24.3 Å². The van der Waals surface area contributed by atoms with Crippen LogP contribution in [0.3, 0.4) is 0 Å². The fourth-order valence-electron chi connectivity index (χ4n) is 2.10. The molecule has 0 aliphatic rings. The third-order valence-electron chi connectivity index (χ3n) is 3.19.